The van der Waals surface area contributed by atoms with Crippen molar-refractivity contribution in [3.63, 3.8) is 0 Å². The Morgan fingerprint density at radius 2 is 1.72 bits per heavy atom. The predicted molar refractivity (Wildman–Crippen MR) is 113 cm³/mol. The Hall–Kier alpha value is -3.99. The average molecular weight is 459 g/mol. The number of nitrogens with one attached hydrogen (secondary N) is 3. The third kappa shape index (κ3) is 5.19. The topological polar surface area (TPSA) is 135 Å². The lowest BCUT2D eigenvalue weighted by Gasteiger charge is -2.06. The molecule has 0 spiro atoms. The van der Waals surface area contributed by atoms with Crippen molar-refractivity contribution in [3.8, 4) is 0 Å². The van der Waals surface area contributed by atoms with Gasteiger partial charge in [0.2, 0.25) is 5.91 Å². The van der Waals surface area contributed by atoms with Crippen LogP contribution in [0.2, 0.25) is 0 Å². The molecule has 1 aromatic heterocycles. The fraction of sp³-hybridized carbons (Fsp3) is 0.0952. The van der Waals surface area contributed by atoms with Gasteiger partial charge in [-0.1, -0.05) is 24.8 Å². The maximum absolute atomic E-state index is 13.8. The highest BCUT2D eigenvalue weighted by atomic mass is 32.2. The predicted octanol–water partition coefficient (Wildman–Crippen LogP) is 1.72. The number of benzene rings is 2. The summed E-state index contributed by atoms with van der Waals surface area (Å²) in [7, 11) is -4.45. The van der Waals surface area contributed by atoms with E-state index in [1.54, 1.807) is 4.72 Å². The number of carbonyl (C=O) groups is 3. The van der Waals surface area contributed by atoms with E-state index in [4.69, 9.17) is 4.42 Å². The highest BCUT2D eigenvalue weighted by molar-refractivity contribution is 7.90. The van der Waals surface area contributed by atoms with Gasteiger partial charge in [-0.05, 0) is 36.4 Å². The number of furan rings is 1. The molecule has 9 nitrogen and oxygen atoms in total. The summed E-state index contributed by atoms with van der Waals surface area (Å²) in [6.45, 7) is 3.70. The Bertz CT molecular complexity index is 1320. The minimum absolute atomic E-state index is 0.172. The first kappa shape index (κ1) is 22.7. The van der Waals surface area contributed by atoms with E-state index < -0.39 is 32.6 Å². The van der Waals surface area contributed by atoms with E-state index in [0.717, 1.165) is 18.2 Å². The van der Waals surface area contributed by atoms with Crippen molar-refractivity contribution in [2.75, 3.05) is 13.1 Å². The van der Waals surface area contributed by atoms with Gasteiger partial charge in [-0.15, -0.1) is 0 Å². The minimum Gasteiger partial charge on any atom is -0.451 e. The Morgan fingerprint density at radius 3 is 2.44 bits per heavy atom. The van der Waals surface area contributed by atoms with Crippen LogP contribution in [0.1, 0.15) is 20.9 Å². The molecule has 0 saturated heterocycles. The molecule has 2 aromatic carbocycles. The fourth-order valence-electron chi connectivity index (χ4n) is 2.71. The van der Waals surface area contributed by atoms with E-state index in [-0.39, 0.29) is 35.9 Å². The molecule has 0 atom stereocenters. The largest absolute Gasteiger partial charge is 0.451 e. The first-order chi connectivity index (χ1) is 15.2. The summed E-state index contributed by atoms with van der Waals surface area (Å²) in [4.78, 5) is 35.0. The molecule has 1 heterocycles. The van der Waals surface area contributed by atoms with Crippen LogP contribution < -0.4 is 15.4 Å². The summed E-state index contributed by atoms with van der Waals surface area (Å²) in [5.41, 5.74) is 0.402. The average Bonchev–Trinajstić information content (AvgIpc) is 3.20. The van der Waals surface area contributed by atoms with Crippen molar-refractivity contribution in [1.29, 1.82) is 0 Å². The zero-order chi connectivity index (χ0) is 23.3. The van der Waals surface area contributed by atoms with Gasteiger partial charge in [-0.3, -0.25) is 14.4 Å². The van der Waals surface area contributed by atoms with Gasteiger partial charge in [0.25, 0.3) is 15.9 Å². The van der Waals surface area contributed by atoms with E-state index in [2.05, 4.69) is 17.2 Å². The van der Waals surface area contributed by atoms with Crippen LogP contribution in [0.4, 0.5) is 4.39 Å². The molecule has 3 aromatic rings. The van der Waals surface area contributed by atoms with Gasteiger partial charge in [0.05, 0.1) is 0 Å². The van der Waals surface area contributed by atoms with E-state index in [0.29, 0.717) is 5.39 Å². The van der Waals surface area contributed by atoms with E-state index in [1.807, 2.05) is 0 Å². The maximum Gasteiger partial charge on any atom is 0.300 e. The molecule has 0 aliphatic carbocycles. The second-order valence-electron chi connectivity index (χ2n) is 6.48. The first-order valence-corrected chi connectivity index (χ1v) is 10.7. The van der Waals surface area contributed by atoms with Crippen LogP contribution in [-0.4, -0.2) is 39.2 Å². The molecule has 0 bridgehead atoms. The van der Waals surface area contributed by atoms with Gasteiger partial charge < -0.3 is 15.1 Å². The van der Waals surface area contributed by atoms with Crippen molar-refractivity contribution in [2.24, 2.45) is 0 Å². The quantitative estimate of drug-likeness (QED) is 0.347. The van der Waals surface area contributed by atoms with Crippen LogP contribution in [0, 0.1) is 5.82 Å². The second-order valence-corrected chi connectivity index (χ2v) is 8.13. The molecule has 0 aliphatic heterocycles. The van der Waals surface area contributed by atoms with Crippen LogP contribution in [0.5, 0.6) is 0 Å². The van der Waals surface area contributed by atoms with E-state index >= 15 is 0 Å². The van der Waals surface area contributed by atoms with Crippen LogP contribution >= 0.6 is 0 Å². The number of carbonyl (C=O) groups excluding carboxylic acids is 3. The van der Waals surface area contributed by atoms with Gasteiger partial charge in [0.1, 0.15) is 16.3 Å². The molecule has 3 N–H and O–H groups in total. The molecular weight excluding hydrogens is 441 g/mol. The minimum atomic E-state index is -4.45. The zero-order valence-corrected chi connectivity index (χ0v) is 17.4. The summed E-state index contributed by atoms with van der Waals surface area (Å²) in [5.74, 6) is -3.22. The molecule has 0 fully saturated rings. The van der Waals surface area contributed by atoms with Crippen molar-refractivity contribution in [2.45, 2.75) is 4.90 Å². The summed E-state index contributed by atoms with van der Waals surface area (Å²) < 4.78 is 45.5. The molecular formula is C21H18FN3O6S. The summed E-state index contributed by atoms with van der Waals surface area (Å²) >= 11 is 0. The molecule has 3 amide bonds. The third-order valence-electron chi connectivity index (χ3n) is 4.25. The Labute approximate surface area is 182 Å². The molecule has 0 unspecified atom stereocenters. The van der Waals surface area contributed by atoms with E-state index in [9.17, 15) is 27.2 Å². The number of hydrogen-bond donors (Lipinski definition) is 3. The van der Waals surface area contributed by atoms with Crippen molar-refractivity contribution in [1.82, 2.24) is 15.4 Å². The smallest absolute Gasteiger partial charge is 0.300 e. The van der Waals surface area contributed by atoms with Gasteiger partial charge in [0.15, 0.2) is 5.76 Å². The SMILES string of the molecule is C=CC(=O)NCCNC(=O)c1ccc2cc(C(=O)NS(=O)(=O)c3ccccc3F)oc2c1. The molecule has 0 aliphatic rings. The van der Waals surface area contributed by atoms with Crippen LogP contribution in [0.25, 0.3) is 11.0 Å². The highest BCUT2D eigenvalue weighted by Gasteiger charge is 2.24. The number of hydrogen-bond acceptors (Lipinski definition) is 6. The van der Waals surface area contributed by atoms with Crippen LogP contribution in [0.15, 0.2) is 70.5 Å². The van der Waals surface area contributed by atoms with Gasteiger partial charge in [-0.2, -0.15) is 0 Å². The van der Waals surface area contributed by atoms with Gasteiger partial charge in [0, 0.05) is 24.0 Å². The number of fused-ring (bicyclic) bond motifs is 1. The Balaban J connectivity index is 1.71. The van der Waals surface area contributed by atoms with Crippen LogP contribution in [-0.2, 0) is 14.8 Å². The lowest BCUT2D eigenvalue weighted by molar-refractivity contribution is -0.116. The zero-order valence-electron chi connectivity index (χ0n) is 16.6. The number of amides is 3. The van der Waals surface area contributed by atoms with Gasteiger partial charge in [-0.25, -0.2) is 17.5 Å². The van der Waals surface area contributed by atoms with Crippen LogP contribution in [0.3, 0.4) is 0 Å². The molecule has 3 rings (SSSR count). The molecule has 0 saturated carbocycles. The summed E-state index contributed by atoms with van der Waals surface area (Å²) in [6, 6.07) is 10.3. The van der Waals surface area contributed by atoms with E-state index in [1.165, 1.54) is 36.4 Å². The highest BCUT2D eigenvalue weighted by Crippen LogP contribution is 2.22. The maximum atomic E-state index is 13.8. The third-order valence-corrected chi connectivity index (χ3v) is 5.62. The summed E-state index contributed by atoms with van der Waals surface area (Å²) in [5, 5.41) is 5.57. The number of sulfonamides is 1. The monoisotopic (exact) mass is 459 g/mol. The summed E-state index contributed by atoms with van der Waals surface area (Å²) in [6.07, 6.45) is 1.11. The van der Waals surface area contributed by atoms with Crippen molar-refractivity contribution < 1.29 is 31.6 Å². The molecule has 32 heavy (non-hydrogen) atoms. The fourth-order valence-corrected chi connectivity index (χ4v) is 3.75. The molecule has 166 valence electrons. The lowest BCUT2D eigenvalue weighted by atomic mass is 10.1. The second kappa shape index (κ2) is 9.43. The normalized spacial score (nSPS) is 11.0. The number of rotatable bonds is 8. The molecule has 11 heteroatoms. The van der Waals surface area contributed by atoms with Crippen molar-refractivity contribution >= 4 is 38.7 Å². The van der Waals surface area contributed by atoms with Gasteiger partial charge >= 0.3 is 5.91 Å². The molecule has 0 radical (unpaired) electrons. The number of halogens is 1. The standard InChI is InChI=1S/C21H18FN3O6S/c1-2-19(26)23-9-10-24-20(27)14-8-7-13-11-17(31-16(13)12-14)21(28)25-32(29,30)18-6-4-3-5-15(18)22/h2-8,11-12H,1,9-10H2,(H,23,26)(H,24,27)(H,25,28). The first-order valence-electron chi connectivity index (χ1n) is 9.25. The van der Waals surface area contributed by atoms with Crippen molar-refractivity contribution in [3.05, 3.63) is 78.3 Å². The lowest BCUT2D eigenvalue weighted by Crippen LogP contribution is -2.33. The Morgan fingerprint density at radius 1 is 1.00 bits per heavy atom. The Kier molecular flexibility index (Phi) is 6.69.